The summed E-state index contributed by atoms with van der Waals surface area (Å²) in [4.78, 5) is 21.5. The Kier molecular flexibility index (Phi) is 11.3. The van der Waals surface area contributed by atoms with Crippen LogP contribution < -0.4 is 0 Å². The van der Waals surface area contributed by atoms with Crippen LogP contribution in [-0.4, -0.2) is 22.2 Å². The Morgan fingerprint density at radius 2 is 1.21 bits per heavy atom. The van der Waals surface area contributed by atoms with Crippen LogP contribution in [0.2, 0.25) is 0 Å². The highest BCUT2D eigenvalue weighted by molar-refractivity contribution is 5.94. The summed E-state index contributed by atoms with van der Waals surface area (Å²) in [5, 5.41) is 17.6. The number of carboxylic acid groups (broad SMARTS) is 2. The van der Waals surface area contributed by atoms with Gasteiger partial charge in [-0.05, 0) is 66.2 Å². The summed E-state index contributed by atoms with van der Waals surface area (Å²) < 4.78 is 0. The Labute approximate surface area is 145 Å². The van der Waals surface area contributed by atoms with Crippen molar-refractivity contribution in [3.8, 4) is 0 Å². The average Bonchev–Trinajstić information content (AvgIpc) is 2.45. The number of allylic oxidation sites excluding steroid dienone is 6. The minimum Gasteiger partial charge on any atom is -0.478 e. The lowest BCUT2D eigenvalue weighted by Gasteiger charge is -2.02. The molecule has 24 heavy (non-hydrogen) atoms. The molecule has 0 atom stereocenters. The molecule has 0 aliphatic rings. The highest BCUT2D eigenvalue weighted by Gasteiger charge is 2.08. The normalized spacial score (nSPS) is 12.9. The van der Waals surface area contributed by atoms with E-state index in [-0.39, 0.29) is 12.0 Å². The van der Waals surface area contributed by atoms with Gasteiger partial charge in [-0.2, -0.15) is 0 Å². The fourth-order valence-corrected chi connectivity index (χ4v) is 2.20. The summed E-state index contributed by atoms with van der Waals surface area (Å²) in [5.74, 6) is -2.39. The van der Waals surface area contributed by atoms with Crippen LogP contribution in [0.3, 0.4) is 0 Å². The van der Waals surface area contributed by atoms with Crippen molar-refractivity contribution in [3.63, 3.8) is 0 Å². The highest BCUT2D eigenvalue weighted by atomic mass is 16.4. The zero-order valence-electron chi connectivity index (χ0n) is 15.3. The van der Waals surface area contributed by atoms with Gasteiger partial charge < -0.3 is 10.2 Å². The van der Waals surface area contributed by atoms with Gasteiger partial charge in [-0.3, -0.25) is 0 Å². The van der Waals surface area contributed by atoms with Gasteiger partial charge in [0.2, 0.25) is 0 Å². The Morgan fingerprint density at radius 3 is 1.62 bits per heavy atom. The molecule has 0 saturated heterocycles. The van der Waals surface area contributed by atoms with Crippen LogP contribution in [0.5, 0.6) is 0 Å². The number of hydrogen-bond donors (Lipinski definition) is 2. The van der Waals surface area contributed by atoms with E-state index in [9.17, 15) is 9.59 Å². The second-order valence-electron chi connectivity index (χ2n) is 6.31. The molecular weight excluding hydrogens is 304 g/mol. The maximum Gasteiger partial charge on any atom is 0.331 e. The minimum atomic E-state index is -1.22. The maximum absolute atomic E-state index is 10.9. The third-order valence-electron chi connectivity index (χ3n) is 3.60. The first-order valence-corrected chi connectivity index (χ1v) is 8.33. The molecule has 2 N–H and O–H groups in total. The first kappa shape index (κ1) is 21.9. The van der Waals surface area contributed by atoms with E-state index in [0.717, 1.165) is 31.8 Å². The lowest BCUT2D eigenvalue weighted by molar-refractivity contribution is -0.135. The van der Waals surface area contributed by atoms with Crippen molar-refractivity contribution in [2.45, 2.75) is 66.2 Å². The summed E-state index contributed by atoms with van der Waals surface area (Å²) in [6, 6.07) is 0. The van der Waals surface area contributed by atoms with Crippen LogP contribution in [0.25, 0.3) is 0 Å². The Bertz CT molecular complexity index is 544. The van der Waals surface area contributed by atoms with Crippen LogP contribution >= 0.6 is 0 Å². The van der Waals surface area contributed by atoms with E-state index in [2.05, 4.69) is 32.9 Å². The predicted molar refractivity (Wildman–Crippen MR) is 98.0 cm³/mol. The topological polar surface area (TPSA) is 74.6 Å². The Morgan fingerprint density at radius 1 is 0.750 bits per heavy atom. The molecule has 4 heteroatoms. The summed E-state index contributed by atoms with van der Waals surface area (Å²) in [6.45, 7) is 8.38. The number of aliphatic carboxylic acids is 2. The molecule has 0 aromatic carbocycles. The van der Waals surface area contributed by atoms with Gasteiger partial charge in [0.15, 0.2) is 0 Å². The van der Waals surface area contributed by atoms with Crippen LogP contribution in [0.1, 0.15) is 66.2 Å². The van der Waals surface area contributed by atoms with E-state index in [1.54, 1.807) is 0 Å². The summed E-state index contributed by atoms with van der Waals surface area (Å²) in [5.41, 5.74) is 3.86. The van der Waals surface area contributed by atoms with Gasteiger partial charge in [0.1, 0.15) is 0 Å². The number of hydrogen-bond acceptors (Lipinski definition) is 2. The van der Waals surface area contributed by atoms with E-state index in [1.165, 1.54) is 16.7 Å². The molecule has 0 radical (unpaired) electrons. The molecule has 0 fully saturated rings. The van der Waals surface area contributed by atoms with Crippen molar-refractivity contribution in [3.05, 3.63) is 46.6 Å². The van der Waals surface area contributed by atoms with E-state index in [4.69, 9.17) is 10.2 Å². The highest BCUT2D eigenvalue weighted by Crippen LogP contribution is 2.13. The molecule has 0 rings (SSSR count). The molecule has 134 valence electrons. The lowest BCUT2D eigenvalue weighted by atomic mass is 10.0. The Balaban J connectivity index is 4.25. The third-order valence-corrected chi connectivity index (χ3v) is 3.60. The van der Waals surface area contributed by atoms with Gasteiger partial charge in [-0.1, -0.05) is 34.9 Å². The number of carboxylic acids is 2. The molecule has 0 heterocycles. The monoisotopic (exact) mass is 334 g/mol. The number of rotatable bonds is 11. The standard InChI is InChI=1S/C20H30O4/c1-15(2)8-5-9-16(3)10-6-11-17(4)12-7-13-18(20(23)24)14-19(21)22/h8,10,12,14H,5-7,9,11,13H2,1-4H3,(H,21,22)(H,23,24)/b16-10+,17-12+,18-14-. The van der Waals surface area contributed by atoms with Crippen LogP contribution in [-0.2, 0) is 9.59 Å². The molecule has 0 spiro atoms. The smallest absolute Gasteiger partial charge is 0.331 e. The van der Waals surface area contributed by atoms with Crippen molar-refractivity contribution in [2.24, 2.45) is 0 Å². The van der Waals surface area contributed by atoms with E-state index in [1.807, 2.05) is 13.0 Å². The van der Waals surface area contributed by atoms with Gasteiger partial charge in [0, 0.05) is 11.6 Å². The molecule has 0 bridgehead atoms. The Hall–Kier alpha value is -2.10. The van der Waals surface area contributed by atoms with E-state index >= 15 is 0 Å². The fourth-order valence-electron chi connectivity index (χ4n) is 2.20. The molecular formula is C20H30O4. The molecule has 0 saturated carbocycles. The second kappa shape index (κ2) is 12.3. The molecule has 0 amide bonds. The van der Waals surface area contributed by atoms with Crippen molar-refractivity contribution in [2.75, 3.05) is 0 Å². The summed E-state index contributed by atoms with van der Waals surface area (Å²) in [7, 11) is 0. The second-order valence-corrected chi connectivity index (χ2v) is 6.31. The van der Waals surface area contributed by atoms with Gasteiger partial charge in [0.05, 0.1) is 0 Å². The summed E-state index contributed by atoms with van der Waals surface area (Å²) >= 11 is 0. The third kappa shape index (κ3) is 12.4. The van der Waals surface area contributed by atoms with Crippen LogP contribution in [0.4, 0.5) is 0 Å². The van der Waals surface area contributed by atoms with Crippen molar-refractivity contribution in [1.82, 2.24) is 0 Å². The van der Waals surface area contributed by atoms with Crippen molar-refractivity contribution >= 4 is 11.9 Å². The SMILES string of the molecule is CC(C)=CCC/C(C)=C/CC/C(C)=C/CC/C(=C/C(=O)O)C(=O)O. The maximum atomic E-state index is 10.9. The first-order chi connectivity index (χ1) is 11.2. The fraction of sp³-hybridized carbons (Fsp3) is 0.500. The molecule has 4 nitrogen and oxygen atoms in total. The van der Waals surface area contributed by atoms with Gasteiger partial charge >= 0.3 is 11.9 Å². The molecule has 0 unspecified atom stereocenters. The predicted octanol–water partition coefficient (Wildman–Crippen LogP) is 5.28. The van der Waals surface area contributed by atoms with Crippen LogP contribution in [0, 0.1) is 0 Å². The first-order valence-electron chi connectivity index (χ1n) is 8.33. The van der Waals surface area contributed by atoms with Crippen molar-refractivity contribution in [1.29, 1.82) is 0 Å². The minimum absolute atomic E-state index is 0.0680. The molecule has 0 aromatic rings. The molecule has 0 aliphatic heterocycles. The lowest BCUT2D eigenvalue weighted by Crippen LogP contribution is -2.03. The van der Waals surface area contributed by atoms with E-state index in [0.29, 0.717) is 6.42 Å². The summed E-state index contributed by atoms with van der Waals surface area (Å²) in [6.07, 6.45) is 12.1. The number of carbonyl (C=O) groups is 2. The van der Waals surface area contributed by atoms with Crippen LogP contribution in [0.15, 0.2) is 46.6 Å². The molecule has 0 aliphatic carbocycles. The largest absolute Gasteiger partial charge is 0.478 e. The van der Waals surface area contributed by atoms with Gasteiger partial charge in [-0.15, -0.1) is 0 Å². The van der Waals surface area contributed by atoms with Crippen molar-refractivity contribution < 1.29 is 19.8 Å². The zero-order valence-corrected chi connectivity index (χ0v) is 15.3. The zero-order chi connectivity index (χ0) is 18.5. The van der Waals surface area contributed by atoms with E-state index < -0.39 is 11.9 Å². The van der Waals surface area contributed by atoms with Gasteiger partial charge in [0.25, 0.3) is 0 Å². The quantitative estimate of drug-likeness (QED) is 0.398. The van der Waals surface area contributed by atoms with Gasteiger partial charge in [-0.25, -0.2) is 9.59 Å². The average molecular weight is 334 g/mol. The molecule has 0 aromatic heterocycles.